The Morgan fingerprint density at radius 1 is 0.906 bits per heavy atom. The standard InChI is InChI=1S/C24H18N6S2/c25-14-5-7-15(8-6-14)28-24-20-16(26-9-10-27-20)13-17-21(24)30-23(19-4-2-12-32-19)22(29-17)18-3-1-11-31-18/h1,3-11,13,28H,2,12,25H2. The van der Waals surface area contributed by atoms with Crippen LogP contribution in [0.3, 0.4) is 0 Å². The summed E-state index contributed by atoms with van der Waals surface area (Å²) in [6.07, 6.45) is 6.70. The van der Waals surface area contributed by atoms with Crippen molar-refractivity contribution in [1.29, 1.82) is 0 Å². The first-order valence-electron chi connectivity index (χ1n) is 10.2. The number of nitrogen functional groups attached to an aromatic ring is 1. The lowest BCUT2D eigenvalue weighted by Gasteiger charge is -2.15. The van der Waals surface area contributed by atoms with Gasteiger partial charge >= 0.3 is 0 Å². The second-order valence-corrected chi connectivity index (χ2v) is 9.48. The molecule has 0 aliphatic carbocycles. The van der Waals surface area contributed by atoms with E-state index in [0.717, 1.165) is 61.9 Å². The van der Waals surface area contributed by atoms with Crippen LogP contribution < -0.4 is 11.1 Å². The van der Waals surface area contributed by atoms with E-state index in [0.29, 0.717) is 5.69 Å². The molecular weight excluding hydrogens is 436 g/mol. The number of hydrogen-bond donors (Lipinski definition) is 2. The molecule has 0 atom stereocenters. The number of thioether (sulfide) groups is 1. The van der Waals surface area contributed by atoms with E-state index in [1.165, 1.54) is 4.91 Å². The van der Waals surface area contributed by atoms with Crippen LogP contribution in [0, 0.1) is 0 Å². The van der Waals surface area contributed by atoms with Crippen LogP contribution in [-0.2, 0) is 0 Å². The molecule has 0 radical (unpaired) electrons. The zero-order valence-corrected chi connectivity index (χ0v) is 18.6. The lowest BCUT2D eigenvalue weighted by atomic mass is 10.1. The molecule has 156 valence electrons. The summed E-state index contributed by atoms with van der Waals surface area (Å²) >= 11 is 3.51. The van der Waals surface area contributed by atoms with Gasteiger partial charge in [0.15, 0.2) is 0 Å². The van der Waals surface area contributed by atoms with E-state index in [-0.39, 0.29) is 0 Å². The molecule has 8 heteroatoms. The monoisotopic (exact) mass is 454 g/mol. The number of hydrogen-bond acceptors (Lipinski definition) is 8. The van der Waals surface area contributed by atoms with E-state index in [9.17, 15) is 0 Å². The third-order valence-electron chi connectivity index (χ3n) is 5.27. The van der Waals surface area contributed by atoms with Crippen LogP contribution in [0.15, 0.2) is 66.3 Å². The Morgan fingerprint density at radius 3 is 2.56 bits per heavy atom. The maximum atomic E-state index is 5.87. The molecule has 4 heterocycles. The van der Waals surface area contributed by atoms with E-state index in [2.05, 4.69) is 32.8 Å². The Hall–Kier alpha value is -3.49. The molecule has 0 bridgehead atoms. The summed E-state index contributed by atoms with van der Waals surface area (Å²) in [6, 6.07) is 13.7. The molecule has 5 aromatic rings. The maximum absolute atomic E-state index is 5.87. The average Bonchev–Trinajstić information content (AvgIpc) is 3.54. The van der Waals surface area contributed by atoms with Crippen molar-refractivity contribution in [2.45, 2.75) is 6.42 Å². The molecule has 0 spiro atoms. The van der Waals surface area contributed by atoms with Gasteiger partial charge in [-0.15, -0.1) is 23.1 Å². The van der Waals surface area contributed by atoms with Gasteiger partial charge in [-0.2, -0.15) is 0 Å². The fraction of sp³-hybridized carbons (Fsp3) is 0.0833. The van der Waals surface area contributed by atoms with Gasteiger partial charge in [-0.05, 0) is 48.2 Å². The number of fused-ring (bicyclic) bond motifs is 2. The van der Waals surface area contributed by atoms with Crippen molar-refractivity contribution < 1.29 is 0 Å². The van der Waals surface area contributed by atoms with Gasteiger partial charge in [-0.3, -0.25) is 9.97 Å². The number of aromatic nitrogens is 4. The SMILES string of the molecule is Nc1ccc(Nc2c3nccnc3cc3nc(-c4cccs4)c(C4=CCCS4)nc23)cc1. The molecule has 6 rings (SSSR count). The molecule has 3 N–H and O–H groups in total. The number of thiophene rings is 1. The fourth-order valence-corrected chi connectivity index (χ4v) is 5.48. The summed E-state index contributed by atoms with van der Waals surface area (Å²) in [6.45, 7) is 0. The Balaban J connectivity index is 1.64. The molecule has 32 heavy (non-hydrogen) atoms. The molecule has 6 nitrogen and oxygen atoms in total. The second kappa shape index (κ2) is 7.89. The average molecular weight is 455 g/mol. The van der Waals surface area contributed by atoms with E-state index in [1.54, 1.807) is 23.7 Å². The summed E-state index contributed by atoms with van der Waals surface area (Å²) in [7, 11) is 0. The molecule has 0 fully saturated rings. The van der Waals surface area contributed by atoms with Crippen molar-refractivity contribution in [2.24, 2.45) is 0 Å². The Bertz CT molecular complexity index is 1480. The van der Waals surface area contributed by atoms with E-state index in [4.69, 9.17) is 15.7 Å². The second-order valence-electron chi connectivity index (χ2n) is 7.39. The first kappa shape index (κ1) is 19.2. The lowest BCUT2D eigenvalue weighted by Crippen LogP contribution is -2.02. The normalized spacial score (nSPS) is 13.6. The Morgan fingerprint density at radius 2 is 1.78 bits per heavy atom. The Labute approximate surface area is 192 Å². The van der Waals surface area contributed by atoms with Gasteiger partial charge < -0.3 is 11.1 Å². The number of rotatable bonds is 4. The smallest absolute Gasteiger partial charge is 0.115 e. The van der Waals surface area contributed by atoms with Crippen molar-refractivity contribution in [3.05, 3.63) is 72.0 Å². The van der Waals surface area contributed by atoms with Gasteiger partial charge in [0, 0.05) is 34.4 Å². The van der Waals surface area contributed by atoms with Crippen molar-refractivity contribution in [3.63, 3.8) is 0 Å². The first-order chi connectivity index (χ1) is 15.8. The maximum Gasteiger partial charge on any atom is 0.115 e. The number of nitrogens with zero attached hydrogens (tertiary/aromatic N) is 4. The van der Waals surface area contributed by atoms with Crippen LogP contribution in [0.1, 0.15) is 12.1 Å². The quantitative estimate of drug-likeness (QED) is 0.250. The van der Waals surface area contributed by atoms with Crippen LogP contribution >= 0.6 is 23.1 Å². The van der Waals surface area contributed by atoms with Crippen molar-refractivity contribution in [3.8, 4) is 10.6 Å². The first-order valence-corrected chi connectivity index (χ1v) is 12.1. The number of benzene rings is 2. The predicted molar refractivity (Wildman–Crippen MR) is 135 cm³/mol. The Kier molecular flexibility index (Phi) is 4.74. The summed E-state index contributed by atoms with van der Waals surface area (Å²) in [5, 5.41) is 5.58. The van der Waals surface area contributed by atoms with Gasteiger partial charge in [-0.1, -0.05) is 12.1 Å². The summed E-state index contributed by atoms with van der Waals surface area (Å²) < 4.78 is 0. The summed E-state index contributed by atoms with van der Waals surface area (Å²) in [4.78, 5) is 21.7. The van der Waals surface area contributed by atoms with Gasteiger partial charge in [0.05, 0.1) is 21.6 Å². The van der Waals surface area contributed by atoms with Crippen molar-refractivity contribution >= 4 is 67.1 Å². The molecule has 0 unspecified atom stereocenters. The zero-order valence-electron chi connectivity index (χ0n) is 16.9. The van der Waals surface area contributed by atoms with Gasteiger partial charge in [0.25, 0.3) is 0 Å². The van der Waals surface area contributed by atoms with Crippen molar-refractivity contribution in [2.75, 3.05) is 16.8 Å². The summed E-state index contributed by atoms with van der Waals surface area (Å²) in [5.74, 6) is 1.07. The highest BCUT2D eigenvalue weighted by molar-refractivity contribution is 8.08. The molecule has 0 saturated heterocycles. The third kappa shape index (κ3) is 3.37. The molecular formula is C24H18N6S2. The number of allylic oxidation sites excluding steroid dienone is 1. The molecule has 3 aromatic heterocycles. The number of nitrogens with one attached hydrogen (secondary N) is 1. The van der Waals surface area contributed by atoms with Gasteiger partial charge in [0.2, 0.25) is 0 Å². The van der Waals surface area contributed by atoms with Crippen LogP contribution in [0.5, 0.6) is 0 Å². The molecule has 1 aliphatic heterocycles. The zero-order chi connectivity index (χ0) is 21.5. The minimum Gasteiger partial charge on any atom is -0.399 e. The largest absolute Gasteiger partial charge is 0.399 e. The van der Waals surface area contributed by atoms with Crippen LogP contribution in [0.2, 0.25) is 0 Å². The fourth-order valence-electron chi connectivity index (χ4n) is 3.79. The number of anilines is 3. The third-order valence-corrected chi connectivity index (χ3v) is 7.26. The lowest BCUT2D eigenvalue weighted by molar-refractivity contribution is 1.25. The van der Waals surface area contributed by atoms with E-state index < -0.39 is 0 Å². The molecule has 0 saturated carbocycles. The molecule has 2 aromatic carbocycles. The van der Waals surface area contributed by atoms with E-state index >= 15 is 0 Å². The van der Waals surface area contributed by atoms with Crippen LogP contribution in [0.25, 0.3) is 37.5 Å². The van der Waals surface area contributed by atoms with Crippen LogP contribution in [-0.4, -0.2) is 25.7 Å². The van der Waals surface area contributed by atoms with E-state index in [1.807, 2.05) is 48.2 Å². The van der Waals surface area contributed by atoms with Gasteiger partial charge in [-0.25, -0.2) is 9.97 Å². The molecule has 1 aliphatic rings. The highest BCUT2D eigenvalue weighted by Gasteiger charge is 2.21. The highest BCUT2D eigenvalue weighted by Crippen LogP contribution is 2.41. The van der Waals surface area contributed by atoms with Crippen molar-refractivity contribution in [1.82, 2.24) is 19.9 Å². The van der Waals surface area contributed by atoms with Crippen LogP contribution in [0.4, 0.5) is 17.1 Å². The summed E-state index contributed by atoms with van der Waals surface area (Å²) in [5.41, 5.74) is 13.2. The van der Waals surface area contributed by atoms with Gasteiger partial charge in [0.1, 0.15) is 22.4 Å². The topological polar surface area (TPSA) is 89.6 Å². The minimum atomic E-state index is 0.714. The molecule has 0 amide bonds. The number of nitrogens with two attached hydrogens (primary N) is 1. The predicted octanol–water partition coefficient (Wildman–Crippen LogP) is 6.11. The highest BCUT2D eigenvalue weighted by atomic mass is 32.2. The minimum absolute atomic E-state index is 0.714.